The Morgan fingerprint density at radius 1 is 1.73 bits per heavy atom. The van der Waals surface area contributed by atoms with E-state index in [1.807, 2.05) is 6.92 Å². The first-order chi connectivity index (χ1) is 7.15. The highest BCUT2D eigenvalue weighted by molar-refractivity contribution is 9.09. The number of aromatic hydroxyl groups is 1. The summed E-state index contributed by atoms with van der Waals surface area (Å²) in [6.45, 7) is 2.59. The summed E-state index contributed by atoms with van der Waals surface area (Å²) in [4.78, 5) is 15.3. The van der Waals surface area contributed by atoms with Crippen molar-refractivity contribution in [3.63, 3.8) is 0 Å². The first-order valence-electron chi connectivity index (χ1n) is 4.62. The number of halogens is 1. The molecule has 0 bridgehead atoms. The minimum atomic E-state index is -0.275. The van der Waals surface area contributed by atoms with Crippen molar-refractivity contribution >= 4 is 21.8 Å². The summed E-state index contributed by atoms with van der Waals surface area (Å²) in [5.41, 5.74) is 0.256. The highest BCUT2D eigenvalue weighted by Crippen LogP contribution is 2.13. The van der Waals surface area contributed by atoms with Gasteiger partial charge in [-0.05, 0) is 12.0 Å². The quantitative estimate of drug-likeness (QED) is 0.818. The number of aromatic nitrogens is 1. The van der Waals surface area contributed by atoms with Gasteiger partial charge in [0.2, 0.25) is 0 Å². The Kier molecular flexibility index (Phi) is 4.55. The van der Waals surface area contributed by atoms with E-state index in [4.69, 9.17) is 0 Å². The van der Waals surface area contributed by atoms with Crippen LogP contribution in [0.3, 0.4) is 0 Å². The molecule has 1 atom stereocenters. The number of nitrogens with zero attached hydrogens (tertiary/aromatic N) is 1. The summed E-state index contributed by atoms with van der Waals surface area (Å²) in [5, 5.41) is 12.9. The number of carbonyl (C=O) groups is 1. The van der Waals surface area contributed by atoms with Crippen molar-refractivity contribution < 1.29 is 9.90 Å². The minimum absolute atomic E-state index is 0.0958. The molecule has 0 aliphatic carbocycles. The van der Waals surface area contributed by atoms with Crippen molar-refractivity contribution in [2.24, 2.45) is 5.92 Å². The van der Waals surface area contributed by atoms with E-state index >= 15 is 0 Å². The lowest BCUT2D eigenvalue weighted by molar-refractivity contribution is 0.0946. The number of pyridine rings is 1. The monoisotopic (exact) mass is 272 g/mol. The molecular weight excluding hydrogens is 260 g/mol. The molecule has 0 radical (unpaired) electrons. The average Bonchev–Trinajstić information content (AvgIpc) is 2.26. The molecule has 15 heavy (non-hydrogen) atoms. The first-order valence-corrected chi connectivity index (χ1v) is 5.74. The van der Waals surface area contributed by atoms with E-state index in [1.165, 1.54) is 18.5 Å². The predicted octanol–water partition coefficient (Wildman–Crippen LogP) is 1.55. The predicted molar refractivity (Wildman–Crippen MR) is 61.2 cm³/mol. The summed E-state index contributed by atoms with van der Waals surface area (Å²) in [5.74, 6) is -0.0119. The molecule has 1 rings (SSSR count). The molecule has 0 aromatic carbocycles. The maximum atomic E-state index is 11.6. The van der Waals surface area contributed by atoms with Crippen LogP contribution < -0.4 is 5.32 Å². The zero-order chi connectivity index (χ0) is 11.3. The molecule has 0 aliphatic heterocycles. The number of nitrogens with one attached hydrogen (secondary N) is 1. The molecule has 5 heteroatoms. The highest BCUT2D eigenvalue weighted by Gasteiger charge is 2.10. The van der Waals surface area contributed by atoms with Gasteiger partial charge in [-0.2, -0.15) is 0 Å². The molecule has 0 aliphatic rings. The smallest absolute Gasteiger partial charge is 0.255 e. The Morgan fingerprint density at radius 3 is 3.07 bits per heavy atom. The molecular formula is C10H13BrN2O2. The average molecular weight is 273 g/mol. The van der Waals surface area contributed by atoms with Crippen LogP contribution in [0, 0.1) is 5.92 Å². The van der Waals surface area contributed by atoms with E-state index in [0.717, 1.165) is 5.33 Å². The number of alkyl halides is 1. The topological polar surface area (TPSA) is 62.2 Å². The van der Waals surface area contributed by atoms with Crippen LogP contribution >= 0.6 is 15.9 Å². The summed E-state index contributed by atoms with van der Waals surface area (Å²) < 4.78 is 0. The Labute approximate surface area is 96.8 Å². The summed E-state index contributed by atoms with van der Waals surface area (Å²) in [6.07, 6.45) is 2.73. The summed E-state index contributed by atoms with van der Waals surface area (Å²) in [7, 11) is 0. The maximum absolute atomic E-state index is 11.6. The molecule has 0 spiro atoms. The fraction of sp³-hybridized carbons (Fsp3) is 0.400. The highest BCUT2D eigenvalue weighted by atomic mass is 79.9. The third-order valence-corrected chi connectivity index (χ3v) is 3.02. The van der Waals surface area contributed by atoms with E-state index in [0.29, 0.717) is 12.5 Å². The van der Waals surface area contributed by atoms with Crippen LogP contribution in [0.1, 0.15) is 17.3 Å². The number of amides is 1. The lowest BCUT2D eigenvalue weighted by Gasteiger charge is -2.09. The number of hydrogen-bond acceptors (Lipinski definition) is 3. The van der Waals surface area contributed by atoms with Crippen LogP contribution in [-0.2, 0) is 0 Å². The van der Waals surface area contributed by atoms with E-state index < -0.39 is 0 Å². The summed E-state index contributed by atoms with van der Waals surface area (Å²) in [6, 6.07) is 1.49. The van der Waals surface area contributed by atoms with Crippen LogP contribution in [0.4, 0.5) is 0 Å². The van der Waals surface area contributed by atoms with Crippen molar-refractivity contribution in [2.45, 2.75) is 6.92 Å². The van der Waals surface area contributed by atoms with Crippen molar-refractivity contribution in [1.82, 2.24) is 10.3 Å². The van der Waals surface area contributed by atoms with Crippen LogP contribution in [0.2, 0.25) is 0 Å². The lowest BCUT2D eigenvalue weighted by atomic mass is 10.2. The van der Waals surface area contributed by atoms with Gasteiger partial charge in [0.25, 0.3) is 5.91 Å². The van der Waals surface area contributed by atoms with Crippen LogP contribution in [0.15, 0.2) is 18.5 Å². The number of rotatable bonds is 4. The van der Waals surface area contributed by atoms with Crippen molar-refractivity contribution in [3.05, 3.63) is 24.0 Å². The molecule has 0 saturated heterocycles. The Balaban J connectivity index is 2.58. The third-order valence-electron chi connectivity index (χ3n) is 1.92. The SMILES string of the molecule is CC(CBr)CNC(=O)c1ccncc1O. The Bertz CT molecular complexity index is 344. The van der Waals surface area contributed by atoms with Gasteiger partial charge in [0.15, 0.2) is 0 Å². The van der Waals surface area contributed by atoms with Gasteiger partial charge in [0, 0.05) is 18.1 Å². The van der Waals surface area contributed by atoms with Crippen LogP contribution in [0.25, 0.3) is 0 Å². The Morgan fingerprint density at radius 2 is 2.47 bits per heavy atom. The molecule has 0 saturated carbocycles. The second-order valence-corrected chi connectivity index (χ2v) is 4.01. The second-order valence-electron chi connectivity index (χ2n) is 3.36. The van der Waals surface area contributed by atoms with E-state index in [1.54, 1.807) is 0 Å². The number of hydrogen-bond donors (Lipinski definition) is 2. The third kappa shape index (κ3) is 3.51. The first kappa shape index (κ1) is 12.0. The lowest BCUT2D eigenvalue weighted by Crippen LogP contribution is -2.28. The van der Waals surface area contributed by atoms with E-state index in [-0.39, 0.29) is 17.2 Å². The van der Waals surface area contributed by atoms with Gasteiger partial charge in [0.1, 0.15) is 5.75 Å². The van der Waals surface area contributed by atoms with E-state index in [9.17, 15) is 9.90 Å². The molecule has 4 nitrogen and oxygen atoms in total. The molecule has 1 unspecified atom stereocenters. The molecule has 1 heterocycles. The Hall–Kier alpha value is -1.10. The van der Waals surface area contributed by atoms with Gasteiger partial charge < -0.3 is 10.4 Å². The van der Waals surface area contributed by atoms with E-state index in [2.05, 4.69) is 26.2 Å². The fourth-order valence-corrected chi connectivity index (χ4v) is 1.22. The maximum Gasteiger partial charge on any atom is 0.255 e. The summed E-state index contributed by atoms with van der Waals surface area (Å²) >= 11 is 3.32. The van der Waals surface area contributed by atoms with Crippen molar-refractivity contribution in [1.29, 1.82) is 0 Å². The van der Waals surface area contributed by atoms with Gasteiger partial charge in [0.05, 0.1) is 11.8 Å². The molecule has 2 N–H and O–H groups in total. The van der Waals surface area contributed by atoms with Gasteiger partial charge in [-0.1, -0.05) is 22.9 Å². The van der Waals surface area contributed by atoms with Gasteiger partial charge in [-0.15, -0.1) is 0 Å². The van der Waals surface area contributed by atoms with Gasteiger partial charge in [-0.25, -0.2) is 0 Å². The van der Waals surface area contributed by atoms with Crippen molar-refractivity contribution in [3.8, 4) is 5.75 Å². The molecule has 0 fully saturated rings. The van der Waals surface area contributed by atoms with Gasteiger partial charge >= 0.3 is 0 Å². The molecule has 1 amide bonds. The van der Waals surface area contributed by atoms with Crippen LogP contribution in [-0.4, -0.2) is 27.9 Å². The zero-order valence-corrected chi connectivity index (χ0v) is 9.99. The fourth-order valence-electron chi connectivity index (χ4n) is 0.995. The normalized spacial score (nSPS) is 12.1. The van der Waals surface area contributed by atoms with Crippen molar-refractivity contribution in [2.75, 3.05) is 11.9 Å². The minimum Gasteiger partial charge on any atom is -0.505 e. The van der Waals surface area contributed by atoms with Crippen LogP contribution in [0.5, 0.6) is 5.75 Å². The second kappa shape index (κ2) is 5.70. The standard InChI is InChI=1S/C10H13BrN2O2/c1-7(4-11)5-13-10(15)8-2-3-12-6-9(8)14/h2-3,6-7,14H,4-5H2,1H3,(H,13,15). The molecule has 82 valence electrons. The number of carbonyl (C=O) groups excluding carboxylic acids is 1. The van der Waals surface area contributed by atoms with Gasteiger partial charge in [-0.3, -0.25) is 9.78 Å². The zero-order valence-electron chi connectivity index (χ0n) is 8.40. The molecule has 1 aromatic heterocycles. The largest absolute Gasteiger partial charge is 0.505 e. The molecule has 1 aromatic rings.